The van der Waals surface area contributed by atoms with Gasteiger partial charge in [-0.1, -0.05) is 13.3 Å². The standard InChI is InChI=1S/C16H26N2O2/c1-5-6-13-11-18(12(2)10-17-13)15-9-14(19-3)7-8-16(15)20-4/h7-9,12-13,17H,5-6,10-11H2,1-4H3. The van der Waals surface area contributed by atoms with E-state index in [2.05, 4.69) is 30.1 Å². The van der Waals surface area contributed by atoms with Gasteiger partial charge in [0.25, 0.3) is 0 Å². The number of piperazine rings is 1. The molecule has 0 aliphatic carbocycles. The second-order valence-electron chi connectivity index (χ2n) is 5.43. The fourth-order valence-corrected chi connectivity index (χ4v) is 2.83. The SMILES string of the molecule is CCCC1CN(c2cc(OC)ccc2OC)C(C)CN1. The number of hydrogen-bond acceptors (Lipinski definition) is 4. The summed E-state index contributed by atoms with van der Waals surface area (Å²) >= 11 is 0. The normalized spacial score (nSPS) is 22.7. The average Bonchev–Trinajstić information content (AvgIpc) is 2.49. The summed E-state index contributed by atoms with van der Waals surface area (Å²) in [5, 5.41) is 3.62. The van der Waals surface area contributed by atoms with Crippen LogP contribution in [0, 0.1) is 0 Å². The highest BCUT2D eigenvalue weighted by atomic mass is 16.5. The van der Waals surface area contributed by atoms with Crippen molar-refractivity contribution in [2.45, 2.75) is 38.8 Å². The molecule has 1 aromatic rings. The first kappa shape index (κ1) is 15.0. The largest absolute Gasteiger partial charge is 0.497 e. The van der Waals surface area contributed by atoms with Gasteiger partial charge in [-0.2, -0.15) is 0 Å². The van der Waals surface area contributed by atoms with Gasteiger partial charge >= 0.3 is 0 Å². The number of nitrogens with zero attached hydrogens (tertiary/aromatic N) is 1. The average molecular weight is 278 g/mol. The van der Waals surface area contributed by atoms with Crippen molar-refractivity contribution >= 4 is 5.69 Å². The number of benzene rings is 1. The maximum atomic E-state index is 5.52. The first-order chi connectivity index (χ1) is 9.69. The minimum Gasteiger partial charge on any atom is -0.497 e. The van der Waals surface area contributed by atoms with Crippen molar-refractivity contribution in [3.63, 3.8) is 0 Å². The minimum absolute atomic E-state index is 0.448. The van der Waals surface area contributed by atoms with Crippen LogP contribution < -0.4 is 19.7 Å². The van der Waals surface area contributed by atoms with E-state index in [0.29, 0.717) is 12.1 Å². The summed E-state index contributed by atoms with van der Waals surface area (Å²) in [6.07, 6.45) is 2.41. The monoisotopic (exact) mass is 278 g/mol. The Morgan fingerprint density at radius 1 is 1.30 bits per heavy atom. The van der Waals surface area contributed by atoms with Gasteiger partial charge in [0.2, 0.25) is 0 Å². The molecule has 1 aliphatic rings. The fourth-order valence-electron chi connectivity index (χ4n) is 2.83. The lowest BCUT2D eigenvalue weighted by atomic mass is 10.0. The molecule has 0 aromatic heterocycles. The molecule has 1 N–H and O–H groups in total. The van der Waals surface area contributed by atoms with E-state index in [4.69, 9.17) is 9.47 Å². The summed E-state index contributed by atoms with van der Waals surface area (Å²) in [7, 11) is 3.42. The van der Waals surface area contributed by atoms with Crippen LogP contribution in [0.3, 0.4) is 0 Å². The van der Waals surface area contributed by atoms with Crippen LogP contribution in [0.4, 0.5) is 5.69 Å². The summed E-state index contributed by atoms with van der Waals surface area (Å²) in [5.41, 5.74) is 1.13. The van der Waals surface area contributed by atoms with Crippen molar-refractivity contribution < 1.29 is 9.47 Å². The lowest BCUT2D eigenvalue weighted by Crippen LogP contribution is -2.55. The van der Waals surface area contributed by atoms with Gasteiger partial charge in [0.05, 0.1) is 19.9 Å². The molecule has 1 saturated heterocycles. The molecule has 1 aromatic carbocycles. The smallest absolute Gasteiger partial charge is 0.142 e. The maximum Gasteiger partial charge on any atom is 0.142 e. The Hall–Kier alpha value is -1.42. The summed E-state index contributed by atoms with van der Waals surface area (Å²) in [6.45, 7) is 6.49. The van der Waals surface area contributed by atoms with E-state index in [1.807, 2.05) is 12.1 Å². The molecule has 4 heteroatoms. The van der Waals surface area contributed by atoms with E-state index in [-0.39, 0.29) is 0 Å². The van der Waals surface area contributed by atoms with E-state index in [0.717, 1.165) is 30.3 Å². The van der Waals surface area contributed by atoms with Gasteiger partial charge in [0.15, 0.2) is 0 Å². The molecule has 1 aliphatic heterocycles. The third-order valence-electron chi connectivity index (χ3n) is 3.98. The Bertz CT molecular complexity index is 436. The number of methoxy groups -OCH3 is 2. The highest BCUT2D eigenvalue weighted by molar-refractivity contribution is 5.62. The Morgan fingerprint density at radius 2 is 2.10 bits per heavy atom. The Labute approximate surface area is 122 Å². The lowest BCUT2D eigenvalue weighted by molar-refractivity contribution is 0.372. The summed E-state index contributed by atoms with van der Waals surface area (Å²) in [4.78, 5) is 2.43. The van der Waals surface area contributed by atoms with Gasteiger partial charge in [-0.25, -0.2) is 0 Å². The van der Waals surface area contributed by atoms with Crippen molar-refractivity contribution in [1.82, 2.24) is 5.32 Å². The van der Waals surface area contributed by atoms with E-state index >= 15 is 0 Å². The van der Waals surface area contributed by atoms with Crippen molar-refractivity contribution in [1.29, 1.82) is 0 Å². The molecule has 1 heterocycles. The number of hydrogen-bond donors (Lipinski definition) is 1. The lowest BCUT2D eigenvalue weighted by Gasteiger charge is -2.41. The van der Waals surface area contributed by atoms with Crippen LogP contribution in [0.25, 0.3) is 0 Å². The predicted molar refractivity (Wildman–Crippen MR) is 83.1 cm³/mol. The molecule has 20 heavy (non-hydrogen) atoms. The van der Waals surface area contributed by atoms with Crippen molar-refractivity contribution in [3.05, 3.63) is 18.2 Å². The van der Waals surface area contributed by atoms with Crippen LogP contribution in [0.1, 0.15) is 26.7 Å². The van der Waals surface area contributed by atoms with Crippen molar-refractivity contribution in [2.75, 3.05) is 32.2 Å². The molecular weight excluding hydrogens is 252 g/mol. The van der Waals surface area contributed by atoms with Gasteiger partial charge in [-0.05, 0) is 25.5 Å². The number of ether oxygens (including phenoxy) is 2. The zero-order valence-corrected chi connectivity index (χ0v) is 13.0. The van der Waals surface area contributed by atoms with Gasteiger partial charge in [0.1, 0.15) is 11.5 Å². The molecule has 0 amide bonds. The van der Waals surface area contributed by atoms with Gasteiger partial charge in [-0.3, -0.25) is 0 Å². The van der Waals surface area contributed by atoms with Crippen LogP contribution in [0.15, 0.2) is 18.2 Å². The highest BCUT2D eigenvalue weighted by Crippen LogP contribution is 2.34. The molecule has 0 bridgehead atoms. The number of nitrogens with one attached hydrogen (secondary N) is 1. The molecule has 0 spiro atoms. The van der Waals surface area contributed by atoms with Crippen LogP contribution in [-0.2, 0) is 0 Å². The van der Waals surface area contributed by atoms with Gasteiger partial charge < -0.3 is 19.7 Å². The second kappa shape index (κ2) is 6.84. The number of rotatable bonds is 5. The molecule has 2 unspecified atom stereocenters. The zero-order valence-electron chi connectivity index (χ0n) is 13.0. The van der Waals surface area contributed by atoms with Crippen molar-refractivity contribution in [2.24, 2.45) is 0 Å². The fraction of sp³-hybridized carbons (Fsp3) is 0.625. The Balaban J connectivity index is 2.27. The van der Waals surface area contributed by atoms with E-state index in [9.17, 15) is 0 Å². The van der Waals surface area contributed by atoms with Crippen LogP contribution >= 0.6 is 0 Å². The van der Waals surface area contributed by atoms with E-state index in [1.54, 1.807) is 14.2 Å². The Kier molecular flexibility index (Phi) is 5.12. The third kappa shape index (κ3) is 3.18. The predicted octanol–water partition coefficient (Wildman–Crippen LogP) is 2.67. The molecule has 4 nitrogen and oxygen atoms in total. The van der Waals surface area contributed by atoms with Gasteiger partial charge in [0, 0.05) is 31.2 Å². The van der Waals surface area contributed by atoms with E-state index in [1.165, 1.54) is 12.8 Å². The number of anilines is 1. The van der Waals surface area contributed by atoms with Crippen LogP contribution in [0.5, 0.6) is 11.5 Å². The first-order valence-corrected chi connectivity index (χ1v) is 7.41. The zero-order chi connectivity index (χ0) is 14.5. The summed E-state index contributed by atoms with van der Waals surface area (Å²) < 4.78 is 10.9. The second-order valence-corrected chi connectivity index (χ2v) is 5.43. The third-order valence-corrected chi connectivity index (χ3v) is 3.98. The topological polar surface area (TPSA) is 33.7 Å². The quantitative estimate of drug-likeness (QED) is 0.898. The molecule has 2 atom stereocenters. The minimum atomic E-state index is 0.448. The Morgan fingerprint density at radius 3 is 2.75 bits per heavy atom. The van der Waals surface area contributed by atoms with Gasteiger partial charge in [-0.15, -0.1) is 0 Å². The summed E-state index contributed by atoms with van der Waals surface area (Å²) in [5.74, 6) is 1.79. The highest BCUT2D eigenvalue weighted by Gasteiger charge is 2.26. The van der Waals surface area contributed by atoms with E-state index < -0.39 is 0 Å². The molecule has 0 saturated carbocycles. The van der Waals surface area contributed by atoms with Crippen LogP contribution in [-0.4, -0.2) is 39.4 Å². The molecular formula is C16H26N2O2. The molecule has 2 rings (SSSR count). The molecule has 112 valence electrons. The maximum absolute atomic E-state index is 5.52. The molecule has 0 radical (unpaired) electrons. The van der Waals surface area contributed by atoms with Crippen molar-refractivity contribution in [3.8, 4) is 11.5 Å². The molecule has 1 fully saturated rings. The summed E-state index contributed by atoms with van der Waals surface area (Å²) in [6, 6.07) is 7.00. The first-order valence-electron chi connectivity index (χ1n) is 7.41. The van der Waals surface area contributed by atoms with Crippen LogP contribution in [0.2, 0.25) is 0 Å².